The first-order chi connectivity index (χ1) is 8.69. The molecule has 0 aliphatic carbocycles. The molecule has 2 heterocycles. The summed E-state index contributed by atoms with van der Waals surface area (Å²) in [5, 5.41) is 2.14. The van der Waals surface area contributed by atoms with E-state index in [0.29, 0.717) is 0 Å². The Balaban J connectivity index is 2.22. The first-order valence-corrected chi connectivity index (χ1v) is 7.10. The lowest BCUT2D eigenvalue weighted by atomic mass is 10.1. The average Bonchev–Trinajstić information content (AvgIpc) is 2.92. The molecule has 3 rings (SSSR count). The van der Waals surface area contributed by atoms with E-state index in [1.54, 1.807) is 11.3 Å². The van der Waals surface area contributed by atoms with E-state index in [1.807, 2.05) is 0 Å². The van der Waals surface area contributed by atoms with Crippen molar-refractivity contribution in [1.82, 2.24) is 9.97 Å². The van der Waals surface area contributed by atoms with Crippen molar-refractivity contribution in [2.45, 2.75) is 27.2 Å². The van der Waals surface area contributed by atoms with Gasteiger partial charge in [0.15, 0.2) is 0 Å². The minimum atomic E-state index is 1.01. The normalized spacial score (nSPS) is 11.3. The third-order valence-electron chi connectivity index (χ3n) is 3.26. The highest BCUT2D eigenvalue weighted by molar-refractivity contribution is 7.13. The summed E-state index contributed by atoms with van der Waals surface area (Å²) in [6, 6.07) is 6.53. The molecule has 1 aromatic carbocycles. The minimum Gasteiger partial charge on any atom is -0.337 e. The lowest BCUT2D eigenvalue weighted by Gasteiger charge is -1.96. The zero-order valence-corrected chi connectivity index (χ0v) is 11.7. The smallest absolute Gasteiger partial charge is 0.148 e. The molecule has 0 aliphatic heterocycles. The summed E-state index contributed by atoms with van der Waals surface area (Å²) in [4.78, 5) is 9.48. The highest BCUT2D eigenvalue weighted by Crippen LogP contribution is 2.30. The van der Waals surface area contributed by atoms with Crippen LogP contribution >= 0.6 is 11.3 Å². The number of imidazole rings is 1. The van der Waals surface area contributed by atoms with Crippen LogP contribution in [0.2, 0.25) is 0 Å². The van der Waals surface area contributed by atoms with Crippen LogP contribution in [0.4, 0.5) is 0 Å². The third kappa shape index (κ3) is 1.75. The molecule has 3 heteroatoms. The molecule has 0 amide bonds. The lowest BCUT2D eigenvalue weighted by Crippen LogP contribution is -1.82. The standard InChI is InChI=1S/C15H16N2S/c1-4-11-5-6-18-14(11)15-16-12-8-9(2)7-10(3)13(12)17-15/h5-8H,4H2,1-3H3,(H,16,17). The molecule has 0 saturated carbocycles. The highest BCUT2D eigenvalue weighted by atomic mass is 32.1. The fourth-order valence-electron chi connectivity index (χ4n) is 2.40. The van der Waals surface area contributed by atoms with Crippen LogP contribution in [0.5, 0.6) is 0 Å². The molecule has 0 fully saturated rings. The Labute approximate surface area is 111 Å². The molecule has 92 valence electrons. The second-order valence-corrected chi connectivity index (χ2v) is 5.61. The van der Waals surface area contributed by atoms with Gasteiger partial charge in [-0.15, -0.1) is 11.3 Å². The summed E-state index contributed by atoms with van der Waals surface area (Å²) in [6.07, 6.45) is 1.05. The summed E-state index contributed by atoms with van der Waals surface area (Å²) in [6.45, 7) is 6.42. The van der Waals surface area contributed by atoms with Crippen molar-refractivity contribution in [3.63, 3.8) is 0 Å². The first-order valence-electron chi connectivity index (χ1n) is 6.22. The topological polar surface area (TPSA) is 28.7 Å². The summed E-state index contributed by atoms with van der Waals surface area (Å²) in [5.41, 5.74) is 6.11. The van der Waals surface area contributed by atoms with Gasteiger partial charge in [0.25, 0.3) is 0 Å². The van der Waals surface area contributed by atoms with Crippen LogP contribution in [0, 0.1) is 13.8 Å². The molecule has 3 aromatic rings. The molecule has 2 nitrogen and oxygen atoms in total. The maximum Gasteiger partial charge on any atom is 0.148 e. The van der Waals surface area contributed by atoms with Crippen molar-refractivity contribution in [3.8, 4) is 10.7 Å². The Hall–Kier alpha value is -1.61. The summed E-state index contributed by atoms with van der Waals surface area (Å²) in [7, 11) is 0. The Bertz CT molecular complexity index is 706. The van der Waals surface area contributed by atoms with Crippen molar-refractivity contribution in [1.29, 1.82) is 0 Å². The van der Waals surface area contributed by atoms with E-state index < -0.39 is 0 Å². The predicted octanol–water partition coefficient (Wildman–Crippen LogP) is 4.47. The Kier molecular flexibility index (Phi) is 2.71. The number of fused-ring (bicyclic) bond motifs is 1. The van der Waals surface area contributed by atoms with Crippen LogP contribution in [-0.4, -0.2) is 9.97 Å². The van der Waals surface area contributed by atoms with Crippen LogP contribution in [0.3, 0.4) is 0 Å². The van der Waals surface area contributed by atoms with Crippen LogP contribution < -0.4 is 0 Å². The molecule has 0 saturated heterocycles. The second-order valence-electron chi connectivity index (χ2n) is 4.69. The van der Waals surface area contributed by atoms with E-state index in [0.717, 1.165) is 23.3 Å². The molecule has 0 unspecified atom stereocenters. The van der Waals surface area contributed by atoms with Crippen LogP contribution in [0.25, 0.3) is 21.7 Å². The fraction of sp³-hybridized carbons (Fsp3) is 0.267. The van der Waals surface area contributed by atoms with Gasteiger partial charge in [0, 0.05) is 0 Å². The van der Waals surface area contributed by atoms with Crippen LogP contribution in [0.15, 0.2) is 23.6 Å². The van der Waals surface area contributed by atoms with Gasteiger partial charge in [-0.25, -0.2) is 4.98 Å². The molecule has 0 aliphatic rings. The highest BCUT2D eigenvalue weighted by Gasteiger charge is 2.11. The van der Waals surface area contributed by atoms with Crippen molar-refractivity contribution in [2.24, 2.45) is 0 Å². The van der Waals surface area contributed by atoms with E-state index in [1.165, 1.54) is 21.6 Å². The number of hydrogen-bond donors (Lipinski definition) is 1. The van der Waals surface area contributed by atoms with Gasteiger partial charge in [-0.2, -0.15) is 0 Å². The Morgan fingerprint density at radius 2 is 2.11 bits per heavy atom. The number of aryl methyl sites for hydroxylation is 3. The van der Waals surface area contributed by atoms with Gasteiger partial charge in [-0.1, -0.05) is 13.0 Å². The number of H-pyrrole nitrogens is 1. The second kappa shape index (κ2) is 4.25. The van der Waals surface area contributed by atoms with Gasteiger partial charge in [-0.3, -0.25) is 0 Å². The molecule has 0 spiro atoms. The van der Waals surface area contributed by atoms with Gasteiger partial charge < -0.3 is 4.98 Å². The number of aromatic nitrogens is 2. The molecule has 0 atom stereocenters. The van der Waals surface area contributed by atoms with E-state index in [9.17, 15) is 0 Å². The zero-order chi connectivity index (χ0) is 12.7. The first kappa shape index (κ1) is 11.5. The van der Waals surface area contributed by atoms with E-state index in [-0.39, 0.29) is 0 Å². The molecule has 18 heavy (non-hydrogen) atoms. The Morgan fingerprint density at radius 3 is 2.89 bits per heavy atom. The van der Waals surface area contributed by atoms with Gasteiger partial charge in [0.05, 0.1) is 15.9 Å². The van der Waals surface area contributed by atoms with E-state index >= 15 is 0 Å². The number of rotatable bonds is 2. The Morgan fingerprint density at radius 1 is 1.28 bits per heavy atom. The maximum atomic E-state index is 4.76. The molecule has 0 bridgehead atoms. The van der Waals surface area contributed by atoms with Crippen molar-refractivity contribution >= 4 is 22.4 Å². The average molecular weight is 256 g/mol. The van der Waals surface area contributed by atoms with Crippen molar-refractivity contribution in [2.75, 3.05) is 0 Å². The van der Waals surface area contributed by atoms with Crippen LogP contribution in [-0.2, 0) is 6.42 Å². The fourth-order valence-corrected chi connectivity index (χ4v) is 3.34. The third-order valence-corrected chi connectivity index (χ3v) is 4.23. The zero-order valence-electron chi connectivity index (χ0n) is 10.9. The number of nitrogens with one attached hydrogen (secondary N) is 1. The van der Waals surface area contributed by atoms with Gasteiger partial charge >= 0.3 is 0 Å². The minimum absolute atomic E-state index is 1.01. The number of aromatic amines is 1. The van der Waals surface area contributed by atoms with Crippen molar-refractivity contribution in [3.05, 3.63) is 40.3 Å². The van der Waals surface area contributed by atoms with Gasteiger partial charge in [-0.05, 0) is 54.5 Å². The molecule has 1 N–H and O–H groups in total. The van der Waals surface area contributed by atoms with E-state index in [2.05, 4.69) is 49.3 Å². The predicted molar refractivity (Wildman–Crippen MR) is 78.3 cm³/mol. The number of hydrogen-bond acceptors (Lipinski definition) is 2. The largest absolute Gasteiger partial charge is 0.337 e. The quantitative estimate of drug-likeness (QED) is 0.720. The van der Waals surface area contributed by atoms with Crippen molar-refractivity contribution < 1.29 is 0 Å². The molecule has 0 radical (unpaired) electrons. The number of benzene rings is 1. The maximum absolute atomic E-state index is 4.76. The lowest BCUT2D eigenvalue weighted by molar-refractivity contribution is 1.15. The summed E-state index contributed by atoms with van der Waals surface area (Å²) < 4.78 is 0. The SMILES string of the molecule is CCc1ccsc1-c1nc2c(C)cc(C)cc2[nH]1. The van der Waals surface area contributed by atoms with Gasteiger partial charge in [0.2, 0.25) is 0 Å². The number of thiophene rings is 1. The molecular weight excluding hydrogens is 240 g/mol. The van der Waals surface area contributed by atoms with Crippen LogP contribution in [0.1, 0.15) is 23.6 Å². The number of nitrogens with zero attached hydrogens (tertiary/aromatic N) is 1. The van der Waals surface area contributed by atoms with Gasteiger partial charge in [0.1, 0.15) is 5.82 Å². The molecular formula is C15H16N2S. The summed E-state index contributed by atoms with van der Waals surface area (Å²) >= 11 is 1.76. The summed E-state index contributed by atoms with van der Waals surface area (Å²) in [5.74, 6) is 1.01. The van der Waals surface area contributed by atoms with E-state index in [4.69, 9.17) is 4.98 Å². The monoisotopic (exact) mass is 256 g/mol. The molecule has 2 aromatic heterocycles.